The number of esters is 1. The van der Waals surface area contributed by atoms with E-state index in [0.29, 0.717) is 26.2 Å². The van der Waals surface area contributed by atoms with E-state index in [1.165, 1.54) is 46.5 Å². The van der Waals surface area contributed by atoms with E-state index < -0.39 is 12.0 Å². The zero-order valence-electron chi connectivity index (χ0n) is 15.0. The van der Waals surface area contributed by atoms with Crippen molar-refractivity contribution in [3.63, 3.8) is 0 Å². The van der Waals surface area contributed by atoms with Gasteiger partial charge in [0.05, 0.1) is 22.9 Å². The number of halogens is 1. The lowest BCUT2D eigenvalue weighted by Crippen LogP contribution is -2.39. The molecule has 3 heterocycles. The van der Waals surface area contributed by atoms with Crippen LogP contribution in [0.1, 0.15) is 23.4 Å². The van der Waals surface area contributed by atoms with E-state index in [4.69, 9.17) is 4.74 Å². The van der Waals surface area contributed by atoms with Crippen LogP contribution in [0, 0.1) is 5.82 Å². The molecule has 142 valence electrons. The molecule has 0 radical (unpaired) electrons. The second-order valence-corrected chi connectivity index (χ2v) is 8.13. The fourth-order valence-electron chi connectivity index (χ4n) is 3.12. The van der Waals surface area contributed by atoms with Gasteiger partial charge >= 0.3 is 5.97 Å². The number of aromatic nitrogens is 1. The van der Waals surface area contributed by atoms with Crippen LogP contribution >= 0.6 is 22.7 Å². The van der Waals surface area contributed by atoms with Crippen LogP contribution in [0.2, 0.25) is 0 Å². The van der Waals surface area contributed by atoms with Gasteiger partial charge in [-0.1, -0.05) is 29.5 Å². The number of rotatable bonds is 3. The van der Waals surface area contributed by atoms with E-state index in [9.17, 15) is 14.0 Å². The second kappa shape index (κ2) is 7.29. The van der Waals surface area contributed by atoms with E-state index in [1.54, 1.807) is 25.1 Å². The fourth-order valence-corrected chi connectivity index (χ4v) is 4.99. The Hall–Kier alpha value is -2.84. The van der Waals surface area contributed by atoms with Crippen LogP contribution in [0.15, 0.2) is 62.8 Å². The van der Waals surface area contributed by atoms with Crippen molar-refractivity contribution >= 4 is 34.7 Å². The van der Waals surface area contributed by atoms with Crippen LogP contribution in [0.5, 0.6) is 0 Å². The number of thiophene rings is 1. The number of ether oxygens (including phenoxy) is 1. The van der Waals surface area contributed by atoms with E-state index in [2.05, 4.69) is 4.99 Å². The summed E-state index contributed by atoms with van der Waals surface area (Å²) in [7, 11) is 1.31. The topological polar surface area (TPSA) is 60.7 Å². The van der Waals surface area contributed by atoms with Crippen LogP contribution in [0.4, 0.5) is 4.39 Å². The van der Waals surface area contributed by atoms with Crippen molar-refractivity contribution in [2.75, 3.05) is 7.11 Å². The Kier molecular flexibility index (Phi) is 4.82. The highest BCUT2D eigenvalue weighted by molar-refractivity contribution is 7.10. The molecule has 1 aliphatic rings. The van der Waals surface area contributed by atoms with Crippen LogP contribution in [0.3, 0.4) is 0 Å². The lowest BCUT2D eigenvalue weighted by atomic mass is 10.0. The Balaban J connectivity index is 1.96. The van der Waals surface area contributed by atoms with Crippen molar-refractivity contribution in [1.29, 1.82) is 0 Å². The second-order valence-electron chi connectivity index (χ2n) is 6.14. The highest BCUT2D eigenvalue weighted by Gasteiger charge is 2.33. The van der Waals surface area contributed by atoms with Gasteiger partial charge in [0.15, 0.2) is 4.80 Å². The van der Waals surface area contributed by atoms with Crippen LogP contribution in [-0.4, -0.2) is 17.6 Å². The first-order valence-electron chi connectivity index (χ1n) is 8.39. The van der Waals surface area contributed by atoms with E-state index >= 15 is 0 Å². The average Bonchev–Trinajstić information content (AvgIpc) is 3.31. The predicted octanol–water partition coefficient (Wildman–Crippen LogP) is 2.61. The molecular formula is C20H15FN2O3S2. The van der Waals surface area contributed by atoms with Crippen molar-refractivity contribution in [3.05, 3.63) is 89.0 Å². The highest BCUT2D eigenvalue weighted by atomic mass is 32.1. The first-order valence-corrected chi connectivity index (χ1v) is 10.1. The Labute approximate surface area is 167 Å². The summed E-state index contributed by atoms with van der Waals surface area (Å²) in [4.78, 5) is 31.5. The minimum absolute atomic E-state index is 0.250. The summed E-state index contributed by atoms with van der Waals surface area (Å²) in [5.41, 5.74) is 1.34. The number of benzene rings is 1. The molecule has 0 saturated carbocycles. The molecule has 0 saturated heterocycles. The maximum atomic E-state index is 13.2. The normalized spacial score (nSPS) is 16.7. The number of allylic oxidation sites excluding steroid dienone is 1. The minimum atomic E-state index is -0.584. The van der Waals surface area contributed by atoms with Gasteiger partial charge in [-0.25, -0.2) is 14.2 Å². The molecule has 0 N–H and O–H groups in total. The highest BCUT2D eigenvalue weighted by Crippen LogP contribution is 2.32. The van der Waals surface area contributed by atoms with Gasteiger partial charge in [0.25, 0.3) is 5.56 Å². The number of methoxy groups -OCH3 is 1. The van der Waals surface area contributed by atoms with Gasteiger partial charge in [-0.3, -0.25) is 9.36 Å². The summed E-state index contributed by atoms with van der Waals surface area (Å²) in [6.45, 7) is 1.74. The van der Waals surface area contributed by atoms with E-state index in [1.807, 2.05) is 17.5 Å². The molecule has 1 atom stereocenters. The molecule has 2 aromatic heterocycles. The zero-order chi connectivity index (χ0) is 19.8. The lowest BCUT2D eigenvalue weighted by molar-refractivity contribution is -0.136. The lowest BCUT2D eigenvalue weighted by Gasteiger charge is -2.22. The van der Waals surface area contributed by atoms with Crippen LogP contribution < -0.4 is 14.9 Å². The van der Waals surface area contributed by atoms with Gasteiger partial charge in [-0.2, -0.15) is 0 Å². The predicted molar refractivity (Wildman–Crippen MR) is 107 cm³/mol. The van der Waals surface area contributed by atoms with Crippen molar-refractivity contribution in [1.82, 2.24) is 4.57 Å². The molecule has 0 bridgehead atoms. The molecule has 0 unspecified atom stereocenters. The van der Waals surface area contributed by atoms with Crippen LogP contribution in [-0.2, 0) is 9.53 Å². The van der Waals surface area contributed by atoms with Crippen molar-refractivity contribution in [2.24, 2.45) is 4.99 Å². The van der Waals surface area contributed by atoms with E-state index in [-0.39, 0.29) is 11.4 Å². The SMILES string of the molecule is COC(=O)C1=C(C)N=c2s/c(=C\c3ccc(F)cc3)c(=O)n2[C@H]1c1cccs1. The number of hydrogen-bond donors (Lipinski definition) is 0. The molecule has 0 fully saturated rings. The zero-order valence-corrected chi connectivity index (χ0v) is 16.6. The van der Waals surface area contributed by atoms with Crippen molar-refractivity contribution in [3.8, 4) is 0 Å². The largest absolute Gasteiger partial charge is 0.466 e. The summed E-state index contributed by atoms with van der Waals surface area (Å²) in [6.07, 6.45) is 1.70. The molecule has 4 rings (SSSR count). The minimum Gasteiger partial charge on any atom is -0.466 e. The molecule has 8 heteroatoms. The quantitative estimate of drug-likeness (QED) is 0.619. The molecule has 5 nitrogen and oxygen atoms in total. The smallest absolute Gasteiger partial charge is 0.338 e. The summed E-state index contributed by atoms with van der Waals surface area (Å²) >= 11 is 2.70. The summed E-state index contributed by atoms with van der Waals surface area (Å²) < 4.78 is 20.1. The maximum absolute atomic E-state index is 13.2. The maximum Gasteiger partial charge on any atom is 0.338 e. The number of nitrogens with zero attached hydrogens (tertiary/aromatic N) is 2. The van der Waals surface area contributed by atoms with E-state index in [0.717, 1.165) is 4.88 Å². The van der Waals surface area contributed by atoms with Gasteiger partial charge in [0.2, 0.25) is 0 Å². The Bertz CT molecular complexity index is 1250. The monoisotopic (exact) mass is 414 g/mol. The van der Waals surface area contributed by atoms with Gasteiger partial charge in [-0.05, 0) is 42.1 Å². The number of hydrogen-bond acceptors (Lipinski definition) is 6. The molecule has 3 aromatic rings. The first-order chi connectivity index (χ1) is 13.5. The third-order valence-corrected chi connectivity index (χ3v) is 6.32. The standard InChI is InChI=1S/C20H15FN2O3S2/c1-11-16(19(25)26-2)17(14-4-3-9-27-14)23-18(24)15(28-20(23)22-11)10-12-5-7-13(21)8-6-12/h3-10,17H,1-2H3/b15-10-/t17-/m0/s1. The fraction of sp³-hybridized carbons (Fsp3) is 0.150. The van der Waals surface area contributed by atoms with Gasteiger partial charge in [0, 0.05) is 4.88 Å². The molecule has 0 spiro atoms. The van der Waals surface area contributed by atoms with Crippen molar-refractivity contribution in [2.45, 2.75) is 13.0 Å². The molecular weight excluding hydrogens is 399 g/mol. The molecule has 1 aromatic carbocycles. The van der Waals surface area contributed by atoms with Gasteiger partial charge < -0.3 is 4.74 Å². The van der Waals surface area contributed by atoms with Gasteiger partial charge in [-0.15, -0.1) is 11.3 Å². The van der Waals surface area contributed by atoms with Crippen molar-refractivity contribution < 1.29 is 13.9 Å². The number of carbonyl (C=O) groups is 1. The molecule has 1 aliphatic heterocycles. The van der Waals surface area contributed by atoms with Crippen LogP contribution in [0.25, 0.3) is 6.08 Å². The average molecular weight is 414 g/mol. The Morgan fingerprint density at radius 1 is 1.29 bits per heavy atom. The van der Waals surface area contributed by atoms with Gasteiger partial charge in [0.1, 0.15) is 11.9 Å². The third-order valence-electron chi connectivity index (χ3n) is 4.41. The summed E-state index contributed by atoms with van der Waals surface area (Å²) in [5, 5.41) is 1.90. The summed E-state index contributed by atoms with van der Waals surface area (Å²) in [6, 6.07) is 9.07. The molecule has 28 heavy (non-hydrogen) atoms. The Morgan fingerprint density at radius 3 is 2.68 bits per heavy atom. The number of carbonyl (C=O) groups excluding carboxylic acids is 1. The number of fused-ring (bicyclic) bond motifs is 1. The number of thiazole rings is 1. The molecule has 0 aliphatic carbocycles. The summed E-state index contributed by atoms with van der Waals surface area (Å²) in [5.74, 6) is -0.845. The first kappa shape index (κ1) is 18.5. The third kappa shape index (κ3) is 3.14. The Morgan fingerprint density at radius 2 is 2.04 bits per heavy atom. The molecule has 0 amide bonds.